The van der Waals surface area contributed by atoms with Crippen molar-refractivity contribution in [1.82, 2.24) is 4.83 Å². The third kappa shape index (κ3) is 4.61. The van der Waals surface area contributed by atoms with E-state index >= 15 is 0 Å². The lowest BCUT2D eigenvalue weighted by Crippen LogP contribution is -2.26. The van der Waals surface area contributed by atoms with E-state index in [4.69, 9.17) is 4.74 Å². The zero-order chi connectivity index (χ0) is 15.2. The van der Waals surface area contributed by atoms with Gasteiger partial charge in [0.25, 0.3) is 10.0 Å². The summed E-state index contributed by atoms with van der Waals surface area (Å²) in [6.07, 6.45) is 0. The average molecular weight is 363 g/mol. The predicted octanol–water partition coefficient (Wildman–Crippen LogP) is 1.59. The molecule has 1 aromatic carbocycles. The predicted molar refractivity (Wildman–Crippen MR) is 79.4 cm³/mol. The van der Waals surface area contributed by atoms with Gasteiger partial charge in [-0.05, 0) is 26.0 Å². The van der Waals surface area contributed by atoms with Gasteiger partial charge in [0.05, 0.1) is 16.8 Å². The number of hydrogen-bond acceptors (Lipinski definition) is 5. The standard InChI is InChI=1S/C12H15BrN2O4S/c1-3-19-12(16)11(8-13)14-15-20(17,18)10-6-4-9(2)5-7-10/h4-7,15H,3,8H2,1-2H3/b14-11+. The average Bonchev–Trinajstić information content (AvgIpc) is 2.40. The van der Waals surface area contributed by atoms with Gasteiger partial charge >= 0.3 is 5.97 Å². The highest BCUT2D eigenvalue weighted by atomic mass is 79.9. The minimum Gasteiger partial charge on any atom is -0.461 e. The largest absolute Gasteiger partial charge is 0.461 e. The minimum atomic E-state index is -3.80. The van der Waals surface area contributed by atoms with Crippen LogP contribution in [0.5, 0.6) is 0 Å². The van der Waals surface area contributed by atoms with Crippen molar-refractivity contribution in [3.05, 3.63) is 29.8 Å². The second-order valence-electron chi connectivity index (χ2n) is 3.82. The molecule has 1 aromatic rings. The van der Waals surface area contributed by atoms with Crippen molar-refractivity contribution in [3.63, 3.8) is 0 Å². The van der Waals surface area contributed by atoms with Crippen LogP contribution in [0.2, 0.25) is 0 Å². The van der Waals surface area contributed by atoms with E-state index in [0.29, 0.717) is 0 Å². The number of alkyl halides is 1. The Morgan fingerprint density at radius 1 is 1.35 bits per heavy atom. The van der Waals surface area contributed by atoms with Crippen LogP contribution < -0.4 is 4.83 Å². The number of halogens is 1. The molecule has 0 atom stereocenters. The van der Waals surface area contributed by atoms with Crippen LogP contribution in [0, 0.1) is 6.92 Å². The Kier molecular flexibility index (Phi) is 6.15. The molecular formula is C12H15BrN2O4S. The van der Waals surface area contributed by atoms with Gasteiger partial charge in [0.2, 0.25) is 0 Å². The Balaban J connectivity index is 2.90. The molecule has 0 radical (unpaired) electrons. The summed E-state index contributed by atoms with van der Waals surface area (Å²) in [7, 11) is -3.80. The molecule has 0 amide bonds. The molecule has 0 spiro atoms. The van der Waals surface area contributed by atoms with E-state index < -0.39 is 16.0 Å². The molecule has 1 N–H and O–H groups in total. The lowest BCUT2D eigenvalue weighted by atomic mass is 10.2. The van der Waals surface area contributed by atoms with E-state index in [0.717, 1.165) is 5.56 Å². The van der Waals surface area contributed by atoms with Crippen molar-refractivity contribution in [2.75, 3.05) is 11.9 Å². The quantitative estimate of drug-likeness (QED) is 0.360. The molecule has 110 valence electrons. The number of nitrogens with one attached hydrogen (secondary N) is 1. The van der Waals surface area contributed by atoms with Crippen LogP contribution in [-0.4, -0.2) is 32.0 Å². The van der Waals surface area contributed by atoms with Crippen molar-refractivity contribution < 1.29 is 17.9 Å². The second-order valence-corrected chi connectivity index (χ2v) is 6.04. The smallest absolute Gasteiger partial charge is 0.355 e. The van der Waals surface area contributed by atoms with Crippen molar-refractivity contribution in [3.8, 4) is 0 Å². The van der Waals surface area contributed by atoms with Crippen LogP contribution in [0.1, 0.15) is 12.5 Å². The zero-order valence-electron chi connectivity index (χ0n) is 11.1. The van der Waals surface area contributed by atoms with Crippen LogP contribution >= 0.6 is 15.9 Å². The maximum Gasteiger partial charge on any atom is 0.355 e. The Morgan fingerprint density at radius 3 is 2.45 bits per heavy atom. The second kappa shape index (κ2) is 7.39. The molecule has 0 saturated heterocycles. The molecule has 6 nitrogen and oxygen atoms in total. The van der Waals surface area contributed by atoms with Crippen molar-refractivity contribution in [2.45, 2.75) is 18.7 Å². The topological polar surface area (TPSA) is 84.8 Å². The van der Waals surface area contributed by atoms with Gasteiger partial charge in [-0.3, -0.25) is 0 Å². The van der Waals surface area contributed by atoms with Crippen molar-refractivity contribution >= 4 is 37.6 Å². The highest BCUT2D eigenvalue weighted by molar-refractivity contribution is 9.09. The number of aryl methyl sites for hydroxylation is 1. The first-order valence-electron chi connectivity index (χ1n) is 5.79. The number of esters is 1. The van der Waals surface area contributed by atoms with Gasteiger partial charge in [-0.25, -0.2) is 4.79 Å². The van der Waals surface area contributed by atoms with Gasteiger partial charge in [-0.2, -0.15) is 18.4 Å². The van der Waals surface area contributed by atoms with Crippen LogP contribution in [0.4, 0.5) is 0 Å². The number of benzene rings is 1. The molecule has 0 fully saturated rings. The summed E-state index contributed by atoms with van der Waals surface area (Å²) in [5.74, 6) is -0.670. The minimum absolute atomic E-state index is 0.0532. The number of ether oxygens (including phenoxy) is 1. The molecule has 20 heavy (non-hydrogen) atoms. The van der Waals surface area contributed by atoms with Gasteiger partial charge < -0.3 is 4.74 Å². The number of hydrazone groups is 1. The molecule has 0 aliphatic rings. The molecule has 0 bridgehead atoms. The summed E-state index contributed by atoms with van der Waals surface area (Å²) >= 11 is 3.05. The van der Waals surface area contributed by atoms with Crippen molar-refractivity contribution in [1.29, 1.82) is 0 Å². The molecular weight excluding hydrogens is 348 g/mol. The van der Waals surface area contributed by atoms with E-state index in [9.17, 15) is 13.2 Å². The first-order valence-corrected chi connectivity index (χ1v) is 8.39. The van der Waals surface area contributed by atoms with E-state index in [2.05, 4.69) is 21.0 Å². The van der Waals surface area contributed by atoms with Crippen LogP contribution in [0.3, 0.4) is 0 Å². The van der Waals surface area contributed by atoms with E-state index in [1.165, 1.54) is 12.1 Å². The summed E-state index contributed by atoms with van der Waals surface area (Å²) in [5.41, 5.74) is 0.891. The first kappa shape index (κ1) is 16.6. The molecule has 0 heterocycles. The monoisotopic (exact) mass is 362 g/mol. The molecule has 0 saturated carbocycles. The molecule has 8 heteroatoms. The van der Waals surface area contributed by atoms with Crippen LogP contribution in [0.15, 0.2) is 34.3 Å². The van der Waals surface area contributed by atoms with E-state index in [-0.39, 0.29) is 22.5 Å². The number of carbonyl (C=O) groups excluding carboxylic acids is 1. The fraction of sp³-hybridized carbons (Fsp3) is 0.333. The fourth-order valence-corrected chi connectivity index (χ4v) is 2.41. The third-order valence-corrected chi connectivity index (χ3v) is 4.03. The number of hydrogen-bond donors (Lipinski definition) is 1. The number of rotatable bonds is 6. The SMILES string of the molecule is CCOC(=O)/C(CBr)=N/NS(=O)(=O)c1ccc(C)cc1. The molecule has 0 aliphatic heterocycles. The summed E-state index contributed by atoms with van der Waals surface area (Å²) in [4.78, 5) is 13.5. The Bertz CT molecular complexity index is 596. The van der Waals surface area contributed by atoms with Gasteiger partial charge in [0.1, 0.15) is 0 Å². The Labute approximate surface area is 126 Å². The third-order valence-electron chi connectivity index (χ3n) is 2.27. The zero-order valence-corrected chi connectivity index (χ0v) is 13.5. The maximum atomic E-state index is 12.0. The van der Waals surface area contributed by atoms with E-state index in [1.807, 2.05) is 11.8 Å². The lowest BCUT2D eigenvalue weighted by molar-refractivity contribution is -0.135. The molecule has 0 aliphatic carbocycles. The number of carbonyl (C=O) groups is 1. The normalized spacial score (nSPS) is 12.1. The van der Waals surface area contributed by atoms with E-state index in [1.54, 1.807) is 19.1 Å². The van der Waals surface area contributed by atoms with Crippen LogP contribution in [-0.2, 0) is 19.6 Å². The van der Waals surface area contributed by atoms with Crippen LogP contribution in [0.25, 0.3) is 0 Å². The summed E-state index contributed by atoms with van der Waals surface area (Å²) < 4.78 is 28.7. The lowest BCUT2D eigenvalue weighted by Gasteiger charge is -2.06. The maximum absolute atomic E-state index is 12.0. The molecule has 0 unspecified atom stereocenters. The van der Waals surface area contributed by atoms with Gasteiger partial charge in [0.15, 0.2) is 5.71 Å². The summed E-state index contributed by atoms with van der Waals surface area (Å²) in [5, 5.41) is 3.67. The number of nitrogens with zero attached hydrogens (tertiary/aromatic N) is 1. The first-order chi connectivity index (χ1) is 9.40. The Hall–Kier alpha value is -1.41. The van der Waals surface area contributed by atoms with Gasteiger partial charge in [-0.15, -0.1) is 0 Å². The Morgan fingerprint density at radius 2 is 1.95 bits per heavy atom. The van der Waals surface area contributed by atoms with Gasteiger partial charge in [0, 0.05) is 0 Å². The summed E-state index contributed by atoms with van der Waals surface area (Å²) in [6, 6.07) is 6.28. The molecule has 1 rings (SSSR count). The summed E-state index contributed by atoms with van der Waals surface area (Å²) in [6.45, 7) is 3.70. The fourth-order valence-electron chi connectivity index (χ4n) is 1.23. The van der Waals surface area contributed by atoms with Gasteiger partial charge in [-0.1, -0.05) is 33.6 Å². The highest BCUT2D eigenvalue weighted by Gasteiger charge is 2.16. The highest BCUT2D eigenvalue weighted by Crippen LogP contribution is 2.09. The number of sulfonamides is 1. The van der Waals surface area contributed by atoms with Crippen molar-refractivity contribution in [2.24, 2.45) is 5.10 Å². The molecule has 0 aromatic heterocycles.